The quantitative estimate of drug-likeness (QED) is 0.808. The Morgan fingerprint density at radius 3 is 2.35 bits per heavy atom. The van der Waals surface area contributed by atoms with Gasteiger partial charge >= 0.3 is 7.12 Å². The van der Waals surface area contributed by atoms with E-state index in [-0.39, 0.29) is 17.2 Å². The lowest BCUT2D eigenvalue weighted by atomic mass is 9.82. The van der Waals surface area contributed by atoms with Crippen molar-refractivity contribution in [2.75, 3.05) is 0 Å². The van der Waals surface area contributed by atoms with E-state index in [1.54, 1.807) is 6.20 Å². The fraction of sp³-hybridized carbons (Fsp3) is 0.471. The van der Waals surface area contributed by atoms with Gasteiger partial charge in [-0.25, -0.2) is 0 Å². The van der Waals surface area contributed by atoms with E-state index in [2.05, 4.69) is 12.0 Å². The molecule has 0 spiro atoms. The summed E-state index contributed by atoms with van der Waals surface area (Å²) in [6, 6.07) is 7.86. The van der Waals surface area contributed by atoms with Gasteiger partial charge in [0.25, 0.3) is 0 Å². The molecule has 122 valence electrons. The summed E-state index contributed by atoms with van der Waals surface area (Å²) < 4.78 is 14.0. The van der Waals surface area contributed by atoms with Gasteiger partial charge in [0.1, 0.15) is 0 Å². The Kier molecular flexibility index (Phi) is 4.07. The summed E-state index contributed by atoms with van der Waals surface area (Å²) in [5.74, 6) is 0. The Hall–Kier alpha value is -1.30. The fourth-order valence-electron chi connectivity index (χ4n) is 2.62. The molecule has 0 N–H and O–H groups in total. The van der Waals surface area contributed by atoms with Crippen molar-refractivity contribution >= 4 is 24.2 Å². The largest absolute Gasteiger partial charge is 0.498 e. The molecule has 1 unspecified atom stereocenters. The number of hydrogen-bond acceptors (Lipinski definition) is 3. The van der Waals surface area contributed by atoms with Gasteiger partial charge in [-0.05, 0) is 46.2 Å². The molecular formula is C17H22BClN2O2. The van der Waals surface area contributed by atoms with Gasteiger partial charge in [0.2, 0.25) is 0 Å². The van der Waals surface area contributed by atoms with E-state index in [4.69, 9.17) is 20.9 Å². The van der Waals surface area contributed by atoms with E-state index < -0.39 is 7.12 Å². The van der Waals surface area contributed by atoms with Crippen molar-refractivity contribution in [1.82, 2.24) is 9.78 Å². The predicted octanol–water partition coefficient (Wildman–Crippen LogP) is 3.45. The zero-order valence-corrected chi connectivity index (χ0v) is 15.0. The number of nitrogens with zero attached hydrogens (tertiary/aromatic N) is 2. The highest BCUT2D eigenvalue weighted by Gasteiger charge is 2.52. The molecule has 23 heavy (non-hydrogen) atoms. The highest BCUT2D eigenvalue weighted by atomic mass is 35.5. The second-order valence-electron chi connectivity index (χ2n) is 7.04. The van der Waals surface area contributed by atoms with Gasteiger partial charge in [0, 0.05) is 22.9 Å². The lowest BCUT2D eigenvalue weighted by molar-refractivity contribution is 0.00578. The lowest BCUT2D eigenvalue weighted by Crippen LogP contribution is -2.41. The predicted molar refractivity (Wildman–Crippen MR) is 93.2 cm³/mol. The van der Waals surface area contributed by atoms with Crippen LogP contribution in [0.15, 0.2) is 36.7 Å². The summed E-state index contributed by atoms with van der Waals surface area (Å²) in [6.07, 6.45) is 3.77. The zero-order valence-electron chi connectivity index (χ0n) is 14.2. The molecule has 2 aromatic rings. The van der Waals surface area contributed by atoms with Crippen LogP contribution in [-0.4, -0.2) is 28.1 Å². The van der Waals surface area contributed by atoms with Crippen molar-refractivity contribution in [2.24, 2.45) is 0 Å². The number of benzene rings is 1. The van der Waals surface area contributed by atoms with Crippen LogP contribution >= 0.6 is 11.6 Å². The Morgan fingerprint density at radius 2 is 1.74 bits per heavy atom. The molecular weight excluding hydrogens is 310 g/mol. The van der Waals surface area contributed by atoms with Crippen LogP contribution < -0.4 is 5.46 Å². The van der Waals surface area contributed by atoms with E-state index in [0.29, 0.717) is 0 Å². The van der Waals surface area contributed by atoms with Gasteiger partial charge < -0.3 is 9.31 Å². The van der Waals surface area contributed by atoms with Crippen LogP contribution in [0.2, 0.25) is 5.02 Å². The normalized spacial score (nSPS) is 20.7. The number of aromatic nitrogens is 2. The van der Waals surface area contributed by atoms with Crippen molar-refractivity contribution in [3.63, 3.8) is 0 Å². The number of hydrogen-bond donors (Lipinski definition) is 0. The van der Waals surface area contributed by atoms with E-state index in [9.17, 15) is 0 Å². The third-order valence-corrected chi connectivity index (χ3v) is 5.24. The van der Waals surface area contributed by atoms with Crippen LogP contribution in [0.4, 0.5) is 0 Å². The maximum Gasteiger partial charge on any atom is 0.498 e. The highest BCUT2D eigenvalue weighted by Crippen LogP contribution is 2.36. The molecule has 1 aromatic heterocycles. The number of halogens is 1. The van der Waals surface area contributed by atoms with Gasteiger partial charge in [0.05, 0.1) is 17.2 Å². The minimum atomic E-state index is -0.396. The van der Waals surface area contributed by atoms with E-state index >= 15 is 0 Å². The third kappa shape index (κ3) is 2.93. The van der Waals surface area contributed by atoms with Gasteiger partial charge in [-0.15, -0.1) is 0 Å². The second kappa shape index (κ2) is 5.65. The first-order valence-electron chi connectivity index (χ1n) is 7.85. The Morgan fingerprint density at radius 1 is 1.13 bits per heavy atom. The summed E-state index contributed by atoms with van der Waals surface area (Å²) >= 11 is 6.29. The van der Waals surface area contributed by atoms with Crippen molar-refractivity contribution in [2.45, 2.75) is 51.9 Å². The first-order chi connectivity index (χ1) is 10.7. The van der Waals surface area contributed by atoms with Crippen LogP contribution in [0.1, 0.15) is 46.2 Å². The molecule has 0 aliphatic carbocycles. The van der Waals surface area contributed by atoms with Crippen molar-refractivity contribution in [3.8, 4) is 0 Å². The molecule has 2 heterocycles. The van der Waals surface area contributed by atoms with E-state index in [1.807, 2.05) is 62.8 Å². The van der Waals surface area contributed by atoms with Gasteiger partial charge in [-0.3, -0.25) is 4.68 Å². The Balaban J connectivity index is 1.83. The molecule has 1 saturated heterocycles. The monoisotopic (exact) mass is 332 g/mol. The summed E-state index contributed by atoms with van der Waals surface area (Å²) in [6.45, 7) is 10.3. The smallest absolute Gasteiger partial charge is 0.399 e. The topological polar surface area (TPSA) is 36.3 Å². The fourth-order valence-corrected chi connectivity index (χ4v) is 2.92. The van der Waals surface area contributed by atoms with Crippen LogP contribution in [0.25, 0.3) is 0 Å². The molecule has 0 amide bonds. The number of rotatable bonds is 3. The van der Waals surface area contributed by atoms with Crippen molar-refractivity contribution in [3.05, 3.63) is 47.2 Å². The molecule has 4 nitrogen and oxygen atoms in total. The van der Waals surface area contributed by atoms with Crippen LogP contribution in [-0.2, 0) is 9.31 Å². The van der Waals surface area contributed by atoms with Crippen molar-refractivity contribution in [1.29, 1.82) is 0 Å². The van der Waals surface area contributed by atoms with Gasteiger partial charge in [-0.2, -0.15) is 5.10 Å². The summed E-state index contributed by atoms with van der Waals surface area (Å²) in [4.78, 5) is 0. The van der Waals surface area contributed by atoms with Gasteiger partial charge in [0.15, 0.2) is 0 Å². The minimum Gasteiger partial charge on any atom is -0.399 e. The summed E-state index contributed by atoms with van der Waals surface area (Å²) in [5.41, 5.74) is 1.25. The minimum absolute atomic E-state index is 0.0415. The maximum absolute atomic E-state index is 6.29. The van der Waals surface area contributed by atoms with Gasteiger partial charge in [-0.1, -0.05) is 29.8 Å². The maximum atomic E-state index is 6.29. The average Bonchev–Trinajstić information content (AvgIpc) is 3.02. The van der Waals surface area contributed by atoms with Crippen LogP contribution in [0.3, 0.4) is 0 Å². The molecule has 1 aromatic carbocycles. The Labute approximate surface area is 142 Å². The zero-order chi connectivity index (χ0) is 16.8. The average molecular weight is 333 g/mol. The molecule has 6 heteroatoms. The molecule has 0 radical (unpaired) electrons. The first kappa shape index (κ1) is 16.6. The molecule has 0 bridgehead atoms. The Bertz CT molecular complexity index is 698. The summed E-state index contributed by atoms with van der Waals surface area (Å²) in [7, 11) is -0.396. The SMILES string of the molecule is CC(c1ccccc1Cl)n1cc(B2OC(C)(C)C(C)(C)O2)cn1. The van der Waals surface area contributed by atoms with Crippen LogP contribution in [0, 0.1) is 0 Å². The van der Waals surface area contributed by atoms with Crippen LogP contribution in [0.5, 0.6) is 0 Å². The third-order valence-electron chi connectivity index (χ3n) is 4.90. The van der Waals surface area contributed by atoms with E-state index in [1.165, 1.54) is 0 Å². The summed E-state index contributed by atoms with van der Waals surface area (Å²) in [5, 5.41) is 5.21. The lowest BCUT2D eigenvalue weighted by Gasteiger charge is -2.32. The molecule has 1 aliphatic heterocycles. The van der Waals surface area contributed by atoms with Crippen molar-refractivity contribution < 1.29 is 9.31 Å². The molecule has 1 aliphatic rings. The molecule has 1 fully saturated rings. The highest BCUT2D eigenvalue weighted by molar-refractivity contribution is 6.62. The second-order valence-corrected chi connectivity index (χ2v) is 7.45. The first-order valence-corrected chi connectivity index (χ1v) is 8.23. The standard InChI is InChI=1S/C17H22BClN2O2/c1-12(14-8-6-7-9-15(14)19)21-11-13(10-20-21)18-22-16(2,3)17(4,5)23-18/h6-12H,1-5H3. The molecule has 0 saturated carbocycles. The molecule has 1 atom stereocenters. The molecule has 3 rings (SSSR count). The van der Waals surface area contributed by atoms with E-state index in [0.717, 1.165) is 16.0 Å².